The zero-order valence-corrected chi connectivity index (χ0v) is 31.6. The first-order valence-electron chi connectivity index (χ1n) is 16.5. The molecule has 0 fully saturated rings. The second-order valence-electron chi connectivity index (χ2n) is 12.2. The maximum atomic E-state index is 13.3. The summed E-state index contributed by atoms with van der Waals surface area (Å²) in [5, 5.41) is 16.0. The highest BCUT2D eigenvalue weighted by Crippen LogP contribution is 2.39. The van der Waals surface area contributed by atoms with Crippen molar-refractivity contribution in [1.82, 2.24) is 30.0 Å². The summed E-state index contributed by atoms with van der Waals surface area (Å²) in [6.45, 7) is 6.28. The van der Waals surface area contributed by atoms with Gasteiger partial charge in [-0.05, 0) is 57.0 Å². The molecule has 2 aromatic carbocycles. The van der Waals surface area contributed by atoms with Crippen molar-refractivity contribution in [3.63, 3.8) is 0 Å². The molecule has 0 aliphatic carbocycles. The Labute approximate surface area is 324 Å². The number of carbonyl (C=O) groups is 2. The van der Waals surface area contributed by atoms with Crippen LogP contribution < -0.4 is 16.4 Å². The Morgan fingerprint density at radius 1 is 1.02 bits per heavy atom. The van der Waals surface area contributed by atoms with Crippen LogP contribution in [-0.4, -0.2) is 55.3 Å². The lowest BCUT2D eigenvalue weighted by molar-refractivity contribution is -0.145. The molecule has 4 heterocycles. The average molecular weight is 797 g/mol. The van der Waals surface area contributed by atoms with Crippen LogP contribution in [0.25, 0.3) is 16.1 Å². The number of nitrogens with one attached hydrogen (secondary N) is 2. The first kappa shape index (κ1) is 40.1. The molecule has 1 aliphatic rings. The molecule has 0 bridgehead atoms. The van der Waals surface area contributed by atoms with Gasteiger partial charge >= 0.3 is 6.18 Å². The third-order valence-corrected chi connectivity index (χ3v) is 9.93. The summed E-state index contributed by atoms with van der Waals surface area (Å²) in [5.41, 5.74) is 10.9. The van der Waals surface area contributed by atoms with Gasteiger partial charge in [-0.15, -0.1) is 33.9 Å². The Bertz CT molecular complexity index is 2280. The van der Waals surface area contributed by atoms with Crippen molar-refractivity contribution in [2.75, 3.05) is 18.4 Å². The van der Waals surface area contributed by atoms with Crippen molar-refractivity contribution in [3.8, 4) is 28.0 Å². The number of thiophene rings is 1. The molecule has 54 heavy (non-hydrogen) atoms. The van der Waals surface area contributed by atoms with Crippen LogP contribution >= 0.6 is 35.3 Å². The first-order chi connectivity index (χ1) is 25.3. The van der Waals surface area contributed by atoms with E-state index in [0.29, 0.717) is 45.5 Å². The molecule has 11 nitrogen and oxygen atoms in total. The number of aromatic nitrogens is 5. The average Bonchev–Trinajstić information content (AvgIpc) is 3.61. The molecule has 0 saturated heterocycles. The normalized spacial score (nSPS) is 13.3. The second kappa shape index (κ2) is 16.9. The molecule has 0 radical (unpaired) electrons. The van der Waals surface area contributed by atoms with E-state index in [9.17, 15) is 22.8 Å². The fourth-order valence-electron chi connectivity index (χ4n) is 5.82. The van der Waals surface area contributed by atoms with E-state index in [4.69, 9.17) is 22.3 Å². The fourth-order valence-corrected chi connectivity index (χ4v) is 7.16. The van der Waals surface area contributed by atoms with Gasteiger partial charge in [0.05, 0.1) is 18.7 Å². The molecule has 5 aromatic rings. The Morgan fingerprint density at radius 3 is 2.43 bits per heavy atom. The summed E-state index contributed by atoms with van der Waals surface area (Å²) in [6.07, 6.45) is -2.06. The first-order valence-corrected chi connectivity index (χ1v) is 17.7. The number of aliphatic imine (C=N–C) groups is 1. The number of halogens is 5. The van der Waals surface area contributed by atoms with Crippen molar-refractivity contribution in [2.45, 2.75) is 52.3 Å². The molecular formula is C37H34Cl2F3N9O2S. The van der Waals surface area contributed by atoms with Crippen molar-refractivity contribution >= 4 is 58.6 Å². The lowest BCUT2D eigenvalue weighted by Crippen LogP contribution is -2.27. The number of alkyl halides is 3. The van der Waals surface area contributed by atoms with Gasteiger partial charge in [-0.3, -0.25) is 19.1 Å². The number of aryl methyl sites for hydroxylation is 2. The molecule has 280 valence electrons. The minimum absolute atomic E-state index is 0. The van der Waals surface area contributed by atoms with Crippen LogP contribution in [0.2, 0.25) is 5.02 Å². The summed E-state index contributed by atoms with van der Waals surface area (Å²) in [4.78, 5) is 39.2. The van der Waals surface area contributed by atoms with Crippen LogP contribution in [0, 0.1) is 32.6 Å². The number of carbonyl (C=O) groups excluding carboxylic acids is 2. The topological polar surface area (TPSA) is 153 Å². The zero-order valence-electron chi connectivity index (χ0n) is 29.2. The molecule has 1 aliphatic heterocycles. The number of nitrogens with two attached hydrogens (primary N) is 1. The molecule has 6 rings (SSSR count). The van der Waals surface area contributed by atoms with Crippen molar-refractivity contribution in [3.05, 3.63) is 104 Å². The largest absolute Gasteiger partial charge is 0.451 e. The molecular weight excluding hydrogens is 762 g/mol. The van der Waals surface area contributed by atoms with Gasteiger partial charge < -0.3 is 16.4 Å². The van der Waals surface area contributed by atoms with E-state index >= 15 is 0 Å². The quantitative estimate of drug-likeness (QED) is 0.108. The highest BCUT2D eigenvalue weighted by molar-refractivity contribution is 7.15. The van der Waals surface area contributed by atoms with E-state index < -0.39 is 18.0 Å². The summed E-state index contributed by atoms with van der Waals surface area (Å²) in [6, 6.07) is 11.6. The number of anilines is 1. The number of hydrogen-bond acceptors (Lipinski definition) is 9. The maximum Gasteiger partial charge on any atom is 0.451 e. The van der Waals surface area contributed by atoms with Crippen LogP contribution in [0.15, 0.2) is 59.9 Å². The molecule has 4 N–H and O–H groups in total. The highest BCUT2D eigenvalue weighted by Gasteiger charge is 2.35. The van der Waals surface area contributed by atoms with E-state index in [0.717, 1.165) is 44.7 Å². The van der Waals surface area contributed by atoms with Gasteiger partial charge in [0.2, 0.25) is 17.6 Å². The number of fused-ring (bicyclic) bond motifs is 3. The number of rotatable bonds is 9. The molecule has 3 aromatic heterocycles. The highest BCUT2D eigenvalue weighted by atomic mass is 35.5. The minimum Gasteiger partial charge on any atom is -0.356 e. The number of amides is 2. The number of hydrogen-bond donors (Lipinski definition) is 3. The van der Waals surface area contributed by atoms with Crippen molar-refractivity contribution in [2.24, 2.45) is 10.7 Å². The Hall–Kier alpha value is -5.14. The van der Waals surface area contributed by atoms with Crippen LogP contribution in [-0.2, 0) is 15.8 Å². The summed E-state index contributed by atoms with van der Waals surface area (Å²) in [5.74, 6) is 5.06. The monoisotopic (exact) mass is 795 g/mol. The van der Waals surface area contributed by atoms with Gasteiger partial charge in [0, 0.05) is 68.8 Å². The molecule has 2 amide bonds. The van der Waals surface area contributed by atoms with Gasteiger partial charge in [-0.25, -0.2) is 9.97 Å². The maximum absolute atomic E-state index is 13.3. The molecule has 1 atom stereocenters. The lowest BCUT2D eigenvalue weighted by atomic mass is 9.99. The fraction of sp³-hybridized carbons (Fsp3) is 0.270. The minimum atomic E-state index is -4.67. The number of nitrogens with zero attached hydrogens (tertiary/aromatic N) is 6. The van der Waals surface area contributed by atoms with E-state index in [2.05, 4.69) is 56.5 Å². The van der Waals surface area contributed by atoms with E-state index in [1.54, 1.807) is 29.5 Å². The van der Waals surface area contributed by atoms with Crippen LogP contribution in [0.1, 0.15) is 69.9 Å². The van der Waals surface area contributed by atoms with E-state index in [-0.39, 0.29) is 50.2 Å². The van der Waals surface area contributed by atoms with Gasteiger partial charge in [-0.2, -0.15) is 13.2 Å². The van der Waals surface area contributed by atoms with Gasteiger partial charge in [0.25, 0.3) is 0 Å². The lowest BCUT2D eigenvalue weighted by Gasteiger charge is -2.13. The zero-order chi connectivity index (χ0) is 37.9. The standard InChI is InChI=1S/C37H33ClF3N9O2S.ClH/c1-20-21(2)53-35-32(20)33(23-8-10-26(38)11-9-23)47-29(34-49-48-22(3)50(34)35)17-31(52)43-15-5-7-30(51)46-27-12-13-28(24(16-27)6-4-14-42)25-18-44-36(45-19-25)37(39,40)41;/h8-13,16,18-19,29H,5,7,14-15,17,42H2,1-3H3,(H,43,52)(H,46,51);1H/t29-;/m0./s1. The van der Waals surface area contributed by atoms with Crippen LogP contribution in [0.4, 0.5) is 18.9 Å². The summed E-state index contributed by atoms with van der Waals surface area (Å²) < 4.78 is 40.8. The Kier molecular flexibility index (Phi) is 12.5. The van der Waals surface area contributed by atoms with Crippen LogP contribution in [0.5, 0.6) is 0 Å². The molecule has 0 spiro atoms. The molecule has 0 unspecified atom stereocenters. The van der Waals surface area contributed by atoms with Gasteiger partial charge in [0.1, 0.15) is 16.9 Å². The summed E-state index contributed by atoms with van der Waals surface area (Å²) >= 11 is 7.83. The Balaban J connectivity index is 0.00000561. The predicted octanol–water partition coefficient (Wildman–Crippen LogP) is 6.93. The summed E-state index contributed by atoms with van der Waals surface area (Å²) in [7, 11) is 0. The molecule has 0 saturated carbocycles. The Morgan fingerprint density at radius 2 is 1.74 bits per heavy atom. The number of benzene rings is 2. The molecule has 17 heteroatoms. The van der Waals surface area contributed by atoms with E-state index in [1.807, 2.05) is 35.8 Å². The van der Waals surface area contributed by atoms with Crippen molar-refractivity contribution < 1.29 is 22.8 Å². The van der Waals surface area contributed by atoms with Gasteiger partial charge in [0.15, 0.2) is 5.82 Å². The van der Waals surface area contributed by atoms with Gasteiger partial charge in [-0.1, -0.05) is 41.6 Å². The van der Waals surface area contributed by atoms with Crippen LogP contribution in [0.3, 0.4) is 0 Å². The third-order valence-electron chi connectivity index (χ3n) is 8.48. The third kappa shape index (κ3) is 8.79. The smallest absolute Gasteiger partial charge is 0.356 e. The SMILES string of the molecule is Cc1sc2c(c1C)C(c1ccc(Cl)cc1)=N[C@@H](CC(=O)NCCCC(=O)Nc1ccc(-c3cnc(C(F)(F)F)nc3)c(C#CCN)c1)c1nnc(C)n1-2.Cl. The second-order valence-corrected chi connectivity index (χ2v) is 13.8. The van der Waals surface area contributed by atoms with Crippen molar-refractivity contribution in [1.29, 1.82) is 0 Å². The van der Waals surface area contributed by atoms with E-state index in [1.165, 1.54) is 0 Å². The predicted molar refractivity (Wildman–Crippen MR) is 204 cm³/mol.